The molecule has 41 heavy (non-hydrogen) atoms. The molecule has 0 unspecified atom stereocenters. The van der Waals surface area contributed by atoms with Crippen molar-refractivity contribution in [3.05, 3.63) is 124 Å². The molecule has 6 aromatic rings. The van der Waals surface area contributed by atoms with Gasteiger partial charge in [-0.1, -0.05) is 59.6 Å². The lowest BCUT2D eigenvalue weighted by molar-refractivity contribution is -0.118. The standard InChI is InChI=1S/C32H23ClN4O4/c1-20-10-13-23(14-11-20)35-30(38)19-40-28-15-12-21(16-25(28)33)18-34-37-31(29-17-22-6-2-5-9-27(22)41-29)36-26-8-4-3-7-24(26)32(37)39/h2-18H,19H2,1H3,(H,35,38). The quantitative estimate of drug-likeness (QED) is 0.219. The van der Waals surface area contributed by atoms with Gasteiger partial charge in [0.1, 0.15) is 11.3 Å². The molecule has 0 spiro atoms. The minimum Gasteiger partial charge on any atom is -0.482 e. The average Bonchev–Trinajstić information content (AvgIpc) is 3.42. The zero-order valence-electron chi connectivity index (χ0n) is 21.9. The molecule has 9 heteroatoms. The number of ether oxygens (including phenoxy) is 1. The SMILES string of the molecule is Cc1ccc(NC(=O)COc2ccc(C=Nn3c(-c4cc5ccccc5o4)nc4ccccc4c3=O)cc2Cl)cc1. The number of furan rings is 1. The number of aromatic nitrogens is 2. The summed E-state index contributed by atoms with van der Waals surface area (Å²) >= 11 is 6.44. The van der Waals surface area contributed by atoms with E-state index in [1.165, 1.54) is 10.9 Å². The van der Waals surface area contributed by atoms with E-state index in [-0.39, 0.29) is 23.9 Å². The summed E-state index contributed by atoms with van der Waals surface area (Å²) in [4.78, 5) is 30.4. The molecule has 202 valence electrons. The summed E-state index contributed by atoms with van der Waals surface area (Å²) in [5, 5.41) is 8.84. The van der Waals surface area contributed by atoms with E-state index < -0.39 is 0 Å². The zero-order chi connectivity index (χ0) is 28.3. The molecular formula is C32H23ClN4O4. The van der Waals surface area contributed by atoms with Gasteiger partial charge in [0.15, 0.2) is 12.4 Å². The van der Waals surface area contributed by atoms with Crippen molar-refractivity contribution >= 4 is 51.3 Å². The van der Waals surface area contributed by atoms with Crippen LogP contribution in [0, 0.1) is 6.92 Å². The van der Waals surface area contributed by atoms with Crippen LogP contribution in [0.1, 0.15) is 11.1 Å². The van der Waals surface area contributed by atoms with Crippen molar-refractivity contribution in [1.29, 1.82) is 0 Å². The maximum absolute atomic E-state index is 13.5. The molecule has 0 aliphatic rings. The third-order valence-electron chi connectivity index (χ3n) is 6.37. The van der Waals surface area contributed by atoms with Crippen molar-refractivity contribution in [1.82, 2.24) is 9.66 Å². The fourth-order valence-electron chi connectivity index (χ4n) is 4.30. The fourth-order valence-corrected chi connectivity index (χ4v) is 4.54. The van der Waals surface area contributed by atoms with Crippen LogP contribution in [0.2, 0.25) is 5.02 Å². The van der Waals surface area contributed by atoms with Gasteiger partial charge in [-0.25, -0.2) is 4.98 Å². The van der Waals surface area contributed by atoms with Crippen LogP contribution in [0.5, 0.6) is 5.75 Å². The Morgan fingerprint density at radius 1 is 1.02 bits per heavy atom. The smallest absolute Gasteiger partial charge is 0.282 e. The summed E-state index contributed by atoms with van der Waals surface area (Å²) in [6.07, 6.45) is 1.50. The number of hydrogen-bond acceptors (Lipinski definition) is 6. The van der Waals surface area contributed by atoms with Crippen molar-refractivity contribution < 1.29 is 13.9 Å². The zero-order valence-corrected chi connectivity index (χ0v) is 22.6. The third-order valence-corrected chi connectivity index (χ3v) is 6.67. The molecule has 4 aromatic carbocycles. The first-order valence-electron chi connectivity index (χ1n) is 12.8. The van der Waals surface area contributed by atoms with Gasteiger partial charge in [0.05, 0.1) is 22.1 Å². The van der Waals surface area contributed by atoms with Crippen LogP contribution in [-0.2, 0) is 4.79 Å². The van der Waals surface area contributed by atoms with Crippen molar-refractivity contribution in [3.8, 4) is 17.3 Å². The Morgan fingerprint density at radius 3 is 2.61 bits per heavy atom. The molecule has 0 aliphatic carbocycles. The van der Waals surface area contributed by atoms with E-state index in [0.717, 1.165) is 10.9 Å². The molecule has 0 aliphatic heterocycles. The molecule has 0 bridgehead atoms. The van der Waals surface area contributed by atoms with E-state index in [0.29, 0.717) is 44.3 Å². The number of aryl methyl sites for hydroxylation is 1. The Bertz CT molecular complexity index is 1960. The highest BCUT2D eigenvalue weighted by molar-refractivity contribution is 6.32. The number of rotatable bonds is 7. The topological polar surface area (TPSA) is 98.7 Å². The number of halogens is 1. The number of carbonyl (C=O) groups excluding carboxylic acids is 1. The minimum absolute atomic E-state index is 0.208. The number of benzene rings is 4. The van der Waals surface area contributed by atoms with E-state index in [1.54, 1.807) is 36.4 Å². The summed E-state index contributed by atoms with van der Waals surface area (Å²) < 4.78 is 12.8. The van der Waals surface area contributed by atoms with E-state index >= 15 is 0 Å². The predicted molar refractivity (Wildman–Crippen MR) is 161 cm³/mol. The van der Waals surface area contributed by atoms with Crippen LogP contribution >= 0.6 is 11.6 Å². The summed E-state index contributed by atoms with van der Waals surface area (Å²) in [5.41, 5.74) is 3.27. The van der Waals surface area contributed by atoms with Gasteiger partial charge in [0.2, 0.25) is 5.82 Å². The summed E-state index contributed by atoms with van der Waals surface area (Å²) in [6.45, 7) is 1.77. The lowest BCUT2D eigenvalue weighted by Gasteiger charge is -2.10. The minimum atomic E-state index is -0.340. The van der Waals surface area contributed by atoms with Gasteiger partial charge in [-0.3, -0.25) is 9.59 Å². The third kappa shape index (κ3) is 5.59. The molecule has 1 N–H and O–H groups in total. The van der Waals surface area contributed by atoms with Crippen LogP contribution in [-0.4, -0.2) is 28.4 Å². The lowest BCUT2D eigenvalue weighted by atomic mass is 10.2. The molecule has 0 fully saturated rings. The predicted octanol–water partition coefficient (Wildman–Crippen LogP) is 6.67. The highest BCUT2D eigenvalue weighted by Gasteiger charge is 2.16. The number of amides is 1. The van der Waals surface area contributed by atoms with Crippen LogP contribution in [0.4, 0.5) is 5.69 Å². The first kappa shape index (κ1) is 26.0. The van der Waals surface area contributed by atoms with Crippen molar-refractivity contribution in [2.24, 2.45) is 5.10 Å². The van der Waals surface area contributed by atoms with Gasteiger partial charge in [0, 0.05) is 11.1 Å². The van der Waals surface area contributed by atoms with E-state index in [9.17, 15) is 9.59 Å². The first-order chi connectivity index (χ1) is 19.9. The average molecular weight is 563 g/mol. The number of hydrogen-bond donors (Lipinski definition) is 1. The monoisotopic (exact) mass is 562 g/mol. The second-order valence-electron chi connectivity index (χ2n) is 9.36. The van der Waals surface area contributed by atoms with Gasteiger partial charge >= 0.3 is 0 Å². The van der Waals surface area contributed by atoms with Gasteiger partial charge in [-0.2, -0.15) is 9.78 Å². The molecule has 0 saturated heterocycles. The fraction of sp³-hybridized carbons (Fsp3) is 0.0625. The molecule has 1 amide bonds. The Labute approximate surface area is 239 Å². The maximum atomic E-state index is 13.5. The number of carbonyl (C=O) groups is 1. The molecule has 0 saturated carbocycles. The molecule has 0 atom stereocenters. The molecular weight excluding hydrogens is 540 g/mol. The largest absolute Gasteiger partial charge is 0.482 e. The maximum Gasteiger partial charge on any atom is 0.282 e. The normalized spacial score (nSPS) is 11.4. The number of para-hydroxylation sites is 2. The number of anilines is 1. The van der Waals surface area contributed by atoms with Crippen LogP contribution < -0.4 is 15.6 Å². The number of nitrogens with one attached hydrogen (secondary N) is 1. The summed E-state index contributed by atoms with van der Waals surface area (Å²) in [7, 11) is 0. The van der Waals surface area contributed by atoms with Crippen LogP contribution in [0.25, 0.3) is 33.5 Å². The van der Waals surface area contributed by atoms with Crippen LogP contribution in [0.3, 0.4) is 0 Å². The lowest BCUT2D eigenvalue weighted by Crippen LogP contribution is -2.20. The molecule has 2 aromatic heterocycles. The van der Waals surface area contributed by atoms with Crippen molar-refractivity contribution in [3.63, 3.8) is 0 Å². The van der Waals surface area contributed by atoms with E-state index in [2.05, 4.69) is 10.4 Å². The Morgan fingerprint density at radius 2 is 1.80 bits per heavy atom. The molecule has 6 rings (SSSR count). The molecule has 2 heterocycles. The second-order valence-corrected chi connectivity index (χ2v) is 9.76. The Kier molecular flexibility index (Phi) is 7.06. The number of fused-ring (bicyclic) bond motifs is 2. The summed E-state index contributed by atoms with van der Waals surface area (Å²) in [5.74, 6) is 0.718. The van der Waals surface area contributed by atoms with Crippen molar-refractivity contribution in [2.45, 2.75) is 6.92 Å². The molecule has 8 nitrogen and oxygen atoms in total. The first-order valence-corrected chi connectivity index (χ1v) is 13.2. The van der Waals surface area contributed by atoms with Gasteiger partial charge in [0.25, 0.3) is 11.5 Å². The van der Waals surface area contributed by atoms with E-state index in [4.69, 9.17) is 25.7 Å². The van der Waals surface area contributed by atoms with Gasteiger partial charge < -0.3 is 14.5 Å². The highest BCUT2D eigenvalue weighted by Crippen LogP contribution is 2.28. The second kappa shape index (κ2) is 11.1. The Hall–Kier alpha value is -5.21. The van der Waals surface area contributed by atoms with Gasteiger partial charge in [-0.05, 0) is 67.1 Å². The van der Waals surface area contributed by atoms with Crippen molar-refractivity contribution in [2.75, 3.05) is 11.9 Å². The van der Waals surface area contributed by atoms with E-state index in [1.807, 2.05) is 67.6 Å². The summed E-state index contributed by atoms with van der Waals surface area (Å²) in [6, 6.07) is 28.9. The number of nitrogens with zero attached hydrogens (tertiary/aromatic N) is 3. The highest BCUT2D eigenvalue weighted by atomic mass is 35.5. The van der Waals surface area contributed by atoms with Crippen LogP contribution in [0.15, 0.2) is 111 Å². The Balaban J connectivity index is 1.25. The van der Waals surface area contributed by atoms with Gasteiger partial charge in [-0.15, -0.1) is 0 Å². The molecule has 0 radical (unpaired) electrons.